The van der Waals surface area contributed by atoms with Crippen LogP contribution in [0.1, 0.15) is 66.4 Å². The van der Waals surface area contributed by atoms with E-state index >= 15 is 0 Å². The number of carboxylic acids is 1. The van der Waals surface area contributed by atoms with Gasteiger partial charge in [-0.25, -0.2) is 4.79 Å². The molecule has 7 nitrogen and oxygen atoms in total. The fourth-order valence-corrected chi connectivity index (χ4v) is 6.38. The number of rotatable bonds is 13. The van der Waals surface area contributed by atoms with Crippen LogP contribution in [0.5, 0.6) is 0 Å². The van der Waals surface area contributed by atoms with E-state index in [0.29, 0.717) is 30.4 Å². The number of thioether (sulfide) groups is 1. The monoisotopic (exact) mass is 568 g/mol. The number of carboxylic acid groups (broad SMARTS) is 1. The molecule has 0 spiro atoms. The van der Waals surface area contributed by atoms with Crippen LogP contribution in [-0.4, -0.2) is 78.4 Å². The maximum atomic E-state index is 13.4. The number of methoxy groups -OCH3 is 1. The van der Waals surface area contributed by atoms with Gasteiger partial charge >= 0.3 is 5.97 Å². The molecule has 2 N–H and O–H groups in total. The van der Waals surface area contributed by atoms with Gasteiger partial charge in [-0.1, -0.05) is 49.6 Å². The molecule has 1 amide bonds. The lowest BCUT2D eigenvalue weighted by Gasteiger charge is -2.28. The fourth-order valence-electron chi connectivity index (χ4n) is 5.90. The van der Waals surface area contributed by atoms with Gasteiger partial charge in [0.15, 0.2) is 0 Å². The molecule has 2 aromatic carbocycles. The second kappa shape index (κ2) is 15.0. The summed E-state index contributed by atoms with van der Waals surface area (Å²) in [6.07, 6.45) is 9.93. The van der Waals surface area contributed by atoms with Crippen molar-refractivity contribution in [1.29, 1.82) is 0 Å². The first kappa shape index (κ1) is 30.6. The molecule has 2 fully saturated rings. The number of benzene rings is 2. The first-order valence-corrected chi connectivity index (χ1v) is 15.9. The van der Waals surface area contributed by atoms with Crippen molar-refractivity contribution < 1.29 is 24.2 Å². The molecular formula is C32H44N2O5S. The third-order valence-electron chi connectivity index (χ3n) is 8.26. The summed E-state index contributed by atoms with van der Waals surface area (Å²) in [5.74, 6) is -0.720. The van der Waals surface area contributed by atoms with E-state index in [1.54, 1.807) is 18.9 Å². The van der Waals surface area contributed by atoms with Crippen LogP contribution in [0.25, 0.3) is 11.1 Å². The van der Waals surface area contributed by atoms with E-state index < -0.39 is 12.0 Å². The highest BCUT2D eigenvalue weighted by Gasteiger charge is 2.33. The topological polar surface area (TPSA) is 88.1 Å². The summed E-state index contributed by atoms with van der Waals surface area (Å²) in [6.45, 7) is 4.31. The second-order valence-electron chi connectivity index (χ2n) is 11.1. The summed E-state index contributed by atoms with van der Waals surface area (Å²) < 4.78 is 12.1. The summed E-state index contributed by atoms with van der Waals surface area (Å²) in [5.41, 5.74) is 4.44. The highest BCUT2D eigenvalue weighted by Crippen LogP contribution is 2.31. The van der Waals surface area contributed by atoms with Crippen LogP contribution < -0.4 is 5.32 Å². The molecule has 0 unspecified atom stereocenters. The lowest BCUT2D eigenvalue weighted by Crippen LogP contribution is -2.41. The standard InChI is InChI=1S/C32H44N2O5S/c1-22-9-7-8-12-27(22)29-17-23(13-14-28(29)31(35)33-30(32(36)37)15-16-40-3)19-34-20-26(38-2)18-24(34)21-39-25-10-5-4-6-11-25/h7-9,12-14,17,24-26,30H,4-6,10-11,15-16,18-21H2,1-3H3,(H,33,35)(H,36,37)/t24-,26+,30-/m0/s1. The molecule has 1 saturated heterocycles. The Hall–Kier alpha value is -2.39. The molecule has 8 heteroatoms. The minimum Gasteiger partial charge on any atom is -0.480 e. The van der Waals surface area contributed by atoms with Gasteiger partial charge in [-0.2, -0.15) is 11.8 Å². The number of ether oxygens (including phenoxy) is 2. The van der Waals surface area contributed by atoms with E-state index in [2.05, 4.69) is 16.3 Å². The van der Waals surface area contributed by atoms with E-state index in [1.807, 2.05) is 49.6 Å². The third kappa shape index (κ3) is 8.09. The van der Waals surface area contributed by atoms with Gasteiger partial charge in [0.2, 0.25) is 0 Å². The molecule has 218 valence electrons. The van der Waals surface area contributed by atoms with Crippen molar-refractivity contribution in [3.63, 3.8) is 0 Å². The zero-order chi connectivity index (χ0) is 28.5. The largest absolute Gasteiger partial charge is 0.480 e. The Bertz CT molecular complexity index is 1140. The molecule has 0 aromatic heterocycles. The molecule has 0 bridgehead atoms. The molecule has 1 heterocycles. The van der Waals surface area contributed by atoms with E-state index in [1.165, 1.54) is 19.3 Å². The maximum Gasteiger partial charge on any atom is 0.326 e. The number of carbonyl (C=O) groups is 2. The zero-order valence-corrected chi connectivity index (χ0v) is 24.9. The summed E-state index contributed by atoms with van der Waals surface area (Å²) in [6, 6.07) is 13.3. The van der Waals surface area contributed by atoms with Gasteiger partial charge < -0.3 is 19.9 Å². The van der Waals surface area contributed by atoms with Crippen LogP contribution in [-0.2, 0) is 20.8 Å². The minimum atomic E-state index is -1.01. The Morgan fingerprint density at radius 2 is 1.88 bits per heavy atom. The van der Waals surface area contributed by atoms with Crippen molar-refractivity contribution in [3.8, 4) is 11.1 Å². The molecular weight excluding hydrogens is 524 g/mol. The Labute approximate surface area is 243 Å². The summed E-state index contributed by atoms with van der Waals surface area (Å²) >= 11 is 1.57. The SMILES string of the molecule is CO[C@@H]1C[C@@H](COC2CCCCC2)N(Cc2ccc(C(=O)N[C@@H](CCSC)C(=O)O)c(-c3ccccc3C)c2)C1. The molecule has 3 atom stereocenters. The third-order valence-corrected chi connectivity index (χ3v) is 8.91. The van der Waals surface area contributed by atoms with Gasteiger partial charge in [-0.05, 0) is 79.0 Å². The van der Waals surface area contributed by atoms with Crippen molar-refractivity contribution in [2.45, 2.75) is 82.7 Å². The summed E-state index contributed by atoms with van der Waals surface area (Å²) in [4.78, 5) is 27.7. The Morgan fingerprint density at radius 3 is 2.58 bits per heavy atom. The Kier molecular flexibility index (Phi) is 11.5. The predicted molar refractivity (Wildman–Crippen MR) is 161 cm³/mol. The fraction of sp³-hybridized carbons (Fsp3) is 0.562. The number of hydrogen-bond acceptors (Lipinski definition) is 6. The van der Waals surface area contributed by atoms with Gasteiger partial charge in [-0.3, -0.25) is 9.69 Å². The molecule has 2 aromatic rings. The summed E-state index contributed by atoms with van der Waals surface area (Å²) in [5, 5.41) is 12.4. The predicted octanol–water partition coefficient (Wildman–Crippen LogP) is 5.54. The van der Waals surface area contributed by atoms with Gasteiger partial charge in [0, 0.05) is 31.8 Å². The molecule has 1 aliphatic carbocycles. The summed E-state index contributed by atoms with van der Waals surface area (Å²) in [7, 11) is 1.78. The van der Waals surface area contributed by atoms with Gasteiger partial charge in [-0.15, -0.1) is 0 Å². The van der Waals surface area contributed by atoms with Gasteiger partial charge in [0.1, 0.15) is 6.04 Å². The number of amides is 1. The van der Waals surface area contributed by atoms with E-state index in [4.69, 9.17) is 9.47 Å². The van der Waals surface area contributed by atoms with Crippen LogP contribution in [0.4, 0.5) is 0 Å². The molecule has 2 aliphatic rings. The minimum absolute atomic E-state index is 0.176. The van der Waals surface area contributed by atoms with Crippen LogP contribution in [0.2, 0.25) is 0 Å². The van der Waals surface area contributed by atoms with Crippen molar-refractivity contribution in [3.05, 3.63) is 59.2 Å². The van der Waals surface area contributed by atoms with E-state index in [0.717, 1.165) is 54.6 Å². The number of likely N-dealkylation sites (tertiary alicyclic amines) is 1. The van der Waals surface area contributed by atoms with E-state index in [9.17, 15) is 14.7 Å². The zero-order valence-electron chi connectivity index (χ0n) is 24.1. The van der Waals surface area contributed by atoms with Crippen LogP contribution in [0.3, 0.4) is 0 Å². The normalized spacial score (nSPS) is 20.9. The maximum absolute atomic E-state index is 13.4. The molecule has 4 rings (SSSR count). The molecule has 1 aliphatic heterocycles. The van der Waals surface area contributed by atoms with Crippen molar-refractivity contribution in [2.75, 3.05) is 32.3 Å². The average Bonchev–Trinajstić information content (AvgIpc) is 3.36. The van der Waals surface area contributed by atoms with E-state index in [-0.39, 0.29) is 18.1 Å². The molecule has 40 heavy (non-hydrogen) atoms. The number of hydrogen-bond donors (Lipinski definition) is 2. The quantitative estimate of drug-likeness (QED) is 0.328. The van der Waals surface area contributed by atoms with Crippen molar-refractivity contribution in [2.24, 2.45) is 0 Å². The number of carbonyl (C=O) groups excluding carboxylic acids is 1. The van der Waals surface area contributed by atoms with Crippen LogP contribution >= 0.6 is 11.8 Å². The van der Waals surface area contributed by atoms with Gasteiger partial charge in [0.05, 0.1) is 18.8 Å². The van der Waals surface area contributed by atoms with Crippen molar-refractivity contribution in [1.82, 2.24) is 10.2 Å². The Morgan fingerprint density at radius 1 is 1.10 bits per heavy atom. The number of nitrogens with zero attached hydrogens (tertiary/aromatic N) is 1. The Balaban J connectivity index is 1.56. The lowest BCUT2D eigenvalue weighted by atomic mass is 9.93. The average molecular weight is 569 g/mol. The second-order valence-corrected chi connectivity index (χ2v) is 12.1. The van der Waals surface area contributed by atoms with Crippen LogP contribution in [0, 0.1) is 6.92 Å². The molecule has 0 radical (unpaired) electrons. The first-order chi connectivity index (χ1) is 19.4. The number of aryl methyl sites for hydroxylation is 1. The number of aliphatic carboxylic acids is 1. The van der Waals surface area contributed by atoms with Crippen molar-refractivity contribution >= 4 is 23.6 Å². The highest BCUT2D eigenvalue weighted by molar-refractivity contribution is 7.98. The highest BCUT2D eigenvalue weighted by atomic mass is 32.2. The smallest absolute Gasteiger partial charge is 0.326 e. The molecule has 1 saturated carbocycles. The first-order valence-electron chi connectivity index (χ1n) is 14.5. The lowest BCUT2D eigenvalue weighted by molar-refractivity contribution is -0.139. The van der Waals surface area contributed by atoms with Gasteiger partial charge in [0.25, 0.3) is 5.91 Å². The number of nitrogens with one attached hydrogen (secondary N) is 1. The van der Waals surface area contributed by atoms with Crippen LogP contribution in [0.15, 0.2) is 42.5 Å².